The van der Waals surface area contributed by atoms with Gasteiger partial charge in [-0.3, -0.25) is 0 Å². The summed E-state index contributed by atoms with van der Waals surface area (Å²) in [7, 11) is 0. The summed E-state index contributed by atoms with van der Waals surface area (Å²) in [5.41, 5.74) is 3.27. The fourth-order valence-electron chi connectivity index (χ4n) is 1.58. The second-order valence-electron chi connectivity index (χ2n) is 3.76. The number of halogens is 3. The molecule has 0 saturated carbocycles. The van der Waals surface area contributed by atoms with Gasteiger partial charge in [0, 0.05) is 5.56 Å². The summed E-state index contributed by atoms with van der Waals surface area (Å²) >= 11 is 14.0. The van der Waals surface area contributed by atoms with Crippen LogP contribution in [-0.2, 0) is 0 Å². The molecule has 5 heteroatoms. The normalized spacial score (nSPS) is 10.6. The predicted molar refractivity (Wildman–Crippen MR) is 79.7 cm³/mol. The zero-order valence-electron chi connectivity index (χ0n) is 9.26. The van der Waals surface area contributed by atoms with E-state index >= 15 is 0 Å². The minimum Gasteiger partial charge on any atom is -0.215 e. The lowest BCUT2D eigenvalue weighted by atomic mass is 10.1. The summed E-state index contributed by atoms with van der Waals surface area (Å²) in [6.45, 7) is 4.07. The molecule has 0 bridgehead atoms. The molecule has 2 nitrogen and oxygen atoms in total. The van der Waals surface area contributed by atoms with Crippen LogP contribution in [0, 0.1) is 17.4 Å². The van der Waals surface area contributed by atoms with E-state index in [0.717, 1.165) is 11.1 Å². The Balaban J connectivity index is 2.61. The third-order valence-corrected chi connectivity index (χ3v) is 4.60. The highest BCUT2D eigenvalue weighted by Crippen LogP contribution is 2.28. The molecule has 2 rings (SSSR count). The number of rotatable bonds is 1. The van der Waals surface area contributed by atoms with Gasteiger partial charge < -0.3 is 0 Å². The van der Waals surface area contributed by atoms with E-state index in [2.05, 4.69) is 16.0 Å². The second kappa shape index (κ2) is 5.08. The minimum absolute atomic E-state index is 0.389. The first-order valence-corrected chi connectivity index (χ1v) is 6.78. The fourth-order valence-corrected chi connectivity index (χ4v) is 2.21. The number of nitrogens with zero attached hydrogens (tertiary/aromatic N) is 2. The largest absolute Gasteiger partial charge is 0.215 e. The van der Waals surface area contributed by atoms with Crippen LogP contribution in [0.5, 0.6) is 0 Å². The highest BCUT2D eigenvalue weighted by molar-refractivity contribution is 14.1. The molecule has 1 aromatic carbocycles. The van der Waals surface area contributed by atoms with E-state index in [9.17, 15) is 0 Å². The lowest BCUT2D eigenvalue weighted by Gasteiger charge is -2.07. The Bertz CT molecular complexity index is 562. The lowest BCUT2D eigenvalue weighted by Crippen LogP contribution is -1.95. The maximum atomic E-state index is 6.01. The molecule has 0 amide bonds. The Morgan fingerprint density at radius 1 is 1.06 bits per heavy atom. The van der Waals surface area contributed by atoms with Crippen molar-refractivity contribution in [2.24, 2.45) is 0 Å². The van der Waals surface area contributed by atoms with Crippen molar-refractivity contribution in [3.8, 4) is 11.4 Å². The first-order valence-electron chi connectivity index (χ1n) is 4.95. The van der Waals surface area contributed by atoms with E-state index in [1.807, 2.05) is 48.6 Å². The molecule has 1 heterocycles. The van der Waals surface area contributed by atoms with Gasteiger partial charge in [0.2, 0.25) is 0 Å². The van der Waals surface area contributed by atoms with Crippen molar-refractivity contribution < 1.29 is 0 Å². The molecular formula is C12H9Cl2IN2. The molecule has 0 saturated heterocycles. The summed E-state index contributed by atoms with van der Waals surface area (Å²) in [4.78, 5) is 8.51. The molecular weight excluding hydrogens is 370 g/mol. The van der Waals surface area contributed by atoms with Gasteiger partial charge in [-0.2, -0.15) is 0 Å². The number of hydrogen-bond acceptors (Lipinski definition) is 2. The van der Waals surface area contributed by atoms with Gasteiger partial charge in [0.05, 0.1) is 3.57 Å². The van der Waals surface area contributed by atoms with Crippen LogP contribution in [0.1, 0.15) is 11.1 Å². The molecule has 17 heavy (non-hydrogen) atoms. The van der Waals surface area contributed by atoms with Crippen molar-refractivity contribution in [1.82, 2.24) is 9.97 Å². The Morgan fingerprint density at radius 2 is 1.65 bits per heavy atom. The van der Waals surface area contributed by atoms with Crippen LogP contribution >= 0.6 is 45.8 Å². The molecule has 0 atom stereocenters. The fraction of sp³-hybridized carbons (Fsp3) is 0.167. The van der Waals surface area contributed by atoms with Gasteiger partial charge in [-0.05, 0) is 42.0 Å². The van der Waals surface area contributed by atoms with Crippen LogP contribution in [0.3, 0.4) is 0 Å². The monoisotopic (exact) mass is 378 g/mol. The van der Waals surface area contributed by atoms with E-state index in [1.165, 1.54) is 5.56 Å². The molecule has 0 radical (unpaired) electrons. The van der Waals surface area contributed by atoms with Crippen LogP contribution in [0.15, 0.2) is 18.2 Å². The number of hydrogen-bond donors (Lipinski definition) is 0. The van der Waals surface area contributed by atoms with Gasteiger partial charge in [-0.25, -0.2) is 9.97 Å². The predicted octanol–water partition coefficient (Wildman–Crippen LogP) is 4.67. The quantitative estimate of drug-likeness (QED) is 0.532. The van der Waals surface area contributed by atoms with Gasteiger partial charge in [0.15, 0.2) is 5.82 Å². The zero-order chi connectivity index (χ0) is 12.6. The summed E-state index contributed by atoms with van der Waals surface area (Å²) < 4.78 is 0.680. The van der Waals surface area contributed by atoms with Crippen molar-refractivity contribution in [3.05, 3.63) is 43.2 Å². The molecule has 0 spiro atoms. The summed E-state index contributed by atoms with van der Waals surface area (Å²) in [5, 5.41) is 0.779. The van der Waals surface area contributed by atoms with E-state index in [-0.39, 0.29) is 0 Å². The third-order valence-electron chi connectivity index (χ3n) is 2.39. The SMILES string of the molecule is Cc1ccc(-c2nc(Cl)c(I)c(Cl)n2)c(C)c1. The van der Waals surface area contributed by atoms with E-state index in [4.69, 9.17) is 23.2 Å². The molecule has 0 fully saturated rings. The van der Waals surface area contributed by atoms with Crippen LogP contribution in [0.25, 0.3) is 11.4 Å². The maximum absolute atomic E-state index is 6.01. The molecule has 0 N–H and O–H groups in total. The van der Waals surface area contributed by atoms with Crippen molar-refractivity contribution in [2.45, 2.75) is 13.8 Å². The molecule has 2 aromatic rings. The van der Waals surface area contributed by atoms with Crippen LogP contribution in [0.2, 0.25) is 10.3 Å². The molecule has 0 unspecified atom stereocenters. The van der Waals surface area contributed by atoms with Gasteiger partial charge in [-0.15, -0.1) is 0 Å². The highest BCUT2D eigenvalue weighted by Gasteiger charge is 2.11. The Labute approximate surface area is 124 Å². The molecule has 0 aliphatic rings. The van der Waals surface area contributed by atoms with Crippen molar-refractivity contribution in [2.75, 3.05) is 0 Å². The number of benzene rings is 1. The molecule has 0 aliphatic carbocycles. The average molecular weight is 379 g/mol. The summed E-state index contributed by atoms with van der Waals surface area (Å²) in [5.74, 6) is 0.568. The Morgan fingerprint density at radius 3 is 2.18 bits per heavy atom. The summed E-state index contributed by atoms with van der Waals surface area (Å²) in [6.07, 6.45) is 0. The molecule has 0 aliphatic heterocycles. The van der Waals surface area contributed by atoms with Gasteiger partial charge in [0.25, 0.3) is 0 Å². The topological polar surface area (TPSA) is 25.8 Å². The van der Waals surface area contributed by atoms with Gasteiger partial charge in [-0.1, -0.05) is 47.0 Å². The second-order valence-corrected chi connectivity index (χ2v) is 5.56. The lowest BCUT2D eigenvalue weighted by molar-refractivity contribution is 1.15. The number of aromatic nitrogens is 2. The average Bonchev–Trinajstić information content (AvgIpc) is 2.25. The number of aryl methyl sites for hydroxylation is 2. The van der Waals surface area contributed by atoms with Gasteiger partial charge >= 0.3 is 0 Å². The first-order chi connectivity index (χ1) is 7.99. The van der Waals surface area contributed by atoms with Gasteiger partial charge in [0.1, 0.15) is 10.3 Å². The Hall–Kier alpha value is -0.390. The third kappa shape index (κ3) is 2.72. The van der Waals surface area contributed by atoms with Crippen molar-refractivity contribution >= 4 is 45.8 Å². The molecule has 1 aromatic heterocycles. The van der Waals surface area contributed by atoms with Crippen LogP contribution in [-0.4, -0.2) is 9.97 Å². The smallest absolute Gasteiger partial charge is 0.162 e. The zero-order valence-corrected chi connectivity index (χ0v) is 12.9. The standard InChI is InChI=1S/C12H9Cl2IN2/c1-6-3-4-8(7(2)5-6)12-16-10(13)9(15)11(14)17-12/h3-5H,1-2H3. The summed E-state index contributed by atoms with van der Waals surface area (Å²) in [6, 6.07) is 6.09. The van der Waals surface area contributed by atoms with E-state index < -0.39 is 0 Å². The van der Waals surface area contributed by atoms with E-state index in [0.29, 0.717) is 19.7 Å². The molecule has 88 valence electrons. The van der Waals surface area contributed by atoms with Crippen molar-refractivity contribution in [1.29, 1.82) is 0 Å². The van der Waals surface area contributed by atoms with Crippen LogP contribution in [0.4, 0.5) is 0 Å². The first kappa shape index (κ1) is 13.1. The van der Waals surface area contributed by atoms with E-state index in [1.54, 1.807) is 0 Å². The van der Waals surface area contributed by atoms with Crippen molar-refractivity contribution in [3.63, 3.8) is 0 Å². The van der Waals surface area contributed by atoms with Crippen LogP contribution < -0.4 is 0 Å². The maximum Gasteiger partial charge on any atom is 0.162 e. The Kier molecular flexibility index (Phi) is 3.90. The highest BCUT2D eigenvalue weighted by atomic mass is 127. The minimum atomic E-state index is 0.389.